The molecule has 0 aromatic carbocycles. The van der Waals surface area contributed by atoms with Crippen LogP contribution in [0.1, 0.15) is 17.4 Å². The first kappa shape index (κ1) is 12.0. The molecule has 17 heavy (non-hydrogen) atoms. The SMILES string of the molecule is OC(NCc1ccncc1Cl)c1cccnc1. The van der Waals surface area contributed by atoms with Gasteiger partial charge in [-0.3, -0.25) is 15.3 Å². The van der Waals surface area contributed by atoms with Gasteiger partial charge >= 0.3 is 0 Å². The third-order valence-corrected chi connectivity index (χ3v) is 2.68. The van der Waals surface area contributed by atoms with Crippen LogP contribution in [0, 0.1) is 0 Å². The standard InChI is InChI=1S/C12H12ClN3O/c13-11-8-15-5-3-9(11)7-16-12(17)10-2-1-4-14-6-10/h1-6,8,12,16-17H,7H2. The molecule has 0 aliphatic heterocycles. The lowest BCUT2D eigenvalue weighted by Gasteiger charge is -2.13. The summed E-state index contributed by atoms with van der Waals surface area (Å²) in [7, 11) is 0. The molecule has 4 nitrogen and oxygen atoms in total. The van der Waals surface area contributed by atoms with Crippen molar-refractivity contribution in [3.05, 3.63) is 59.1 Å². The van der Waals surface area contributed by atoms with Gasteiger partial charge in [-0.2, -0.15) is 0 Å². The zero-order chi connectivity index (χ0) is 12.1. The Kier molecular flexibility index (Phi) is 4.03. The van der Waals surface area contributed by atoms with Crippen LogP contribution in [0.4, 0.5) is 0 Å². The molecular formula is C12H12ClN3O. The molecule has 0 radical (unpaired) electrons. The quantitative estimate of drug-likeness (QED) is 0.813. The topological polar surface area (TPSA) is 58.0 Å². The minimum Gasteiger partial charge on any atom is -0.374 e. The average Bonchev–Trinajstić information content (AvgIpc) is 2.38. The van der Waals surface area contributed by atoms with E-state index in [9.17, 15) is 5.11 Å². The molecule has 0 amide bonds. The molecule has 1 unspecified atom stereocenters. The van der Waals surface area contributed by atoms with Crippen LogP contribution in [0.5, 0.6) is 0 Å². The number of pyridine rings is 2. The highest BCUT2D eigenvalue weighted by Crippen LogP contribution is 2.14. The Labute approximate surface area is 104 Å². The maximum Gasteiger partial charge on any atom is 0.132 e. The van der Waals surface area contributed by atoms with Gasteiger partial charge in [-0.25, -0.2) is 0 Å². The smallest absolute Gasteiger partial charge is 0.132 e. The summed E-state index contributed by atoms with van der Waals surface area (Å²) in [6.45, 7) is 0.470. The van der Waals surface area contributed by atoms with Crippen LogP contribution in [-0.4, -0.2) is 15.1 Å². The normalized spacial score (nSPS) is 12.4. The highest BCUT2D eigenvalue weighted by Gasteiger charge is 2.07. The van der Waals surface area contributed by atoms with E-state index in [1.165, 1.54) is 0 Å². The fourth-order valence-corrected chi connectivity index (χ4v) is 1.60. The van der Waals surface area contributed by atoms with Gasteiger partial charge in [0.05, 0.1) is 5.02 Å². The highest BCUT2D eigenvalue weighted by molar-refractivity contribution is 6.31. The van der Waals surface area contributed by atoms with Crippen molar-refractivity contribution in [1.29, 1.82) is 0 Å². The highest BCUT2D eigenvalue weighted by atomic mass is 35.5. The fraction of sp³-hybridized carbons (Fsp3) is 0.167. The molecular weight excluding hydrogens is 238 g/mol. The Balaban J connectivity index is 1.97. The number of halogens is 1. The molecule has 0 spiro atoms. The third kappa shape index (κ3) is 3.23. The molecule has 1 atom stereocenters. The zero-order valence-electron chi connectivity index (χ0n) is 9.05. The predicted molar refractivity (Wildman–Crippen MR) is 65.3 cm³/mol. The first-order valence-electron chi connectivity index (χ1n) is 5.17. The molecule has 0 bridgehead atoms. The van der Waals surface area contributed by atoms with Crippen molar-refractivity contribution in [3.63, 3.8) is 0 Å². The minimum atomic E-state index is -0.757. The van der Waals surface area contributed by atoms with Gasteiger partial charge < -0.3 is 5.11 Å². The first-order valence-corrected chi connectivity index (χ1v) is 5.55. The van der Waals surface area contributed by atoms with Crippen molar-refractivity contribution >= 4 is 11.6 Å². The molecule has 0 aliphatic carbocycles. The van der Waals surface area contributed by atoms with E-state index in [1.807, 2.05) is 6.07 Å². The number of hydrogen-bond acceptors (Lipinski definition) is 4. The average molecular weight is 250 g/mol. The van der Waals surface area contributed by atoms with Crippen LogP contribution in [-0.2, 0) is 6.54 Å². The van der Waals surface area contributed by atoms with Crippen molar-refractivity contribution in [1.82, 2.24) is 15.3 Å². The largest absolute Gasteiger partial charge is 0.374 e. The van der Waals surface area contributed by atoms with Gasteiger partial charge in [-0.1, -0.05) is 17.7 Å². The number of nitrogens with zero attached hydrogens (tertiary/aromatic N) is 2. The second-order valence-corrected chi connectivity index (χ2v) is 3.94. The number of aliphatic hydroxyl groups excluding tert-OH is 1. The van der Waals surface area contributed by atoms with Crippen LogP contribution in [0.15, 0.2) is 43.0 Å². The molecule has 0 aliphatic rings. The summed E-state index contributed by atoms with van der Waals surface area (Å²) in [5, 5.41) is 13.4. The van der Waals surface area contributed by atoms with Crippen LogP contribution in [0.25, 0.3) is 0 Å². The number of nitrogens with one attached hydrogen (secondary N) is 1. The maximum absolute atomic E-state index is 9.86. The number of aromatic nitrogens is 2. The fourth-order valence-electron chi connectivity index (χ4n) is 1.41. The van der Waals surface area contributed by atoms with E-state index in [2.05, 4.69) is 15.3 Å². The Morgan fingerprint density at radius 1 is 1.24 bits per heavy atom. The van der Waals surface area contributed by atoms with E-state index in [-0.39, 0.29) is 0 Å². The molecule has 88 valence electrons. The Morgan fingerprint density at radius 2 is 2.06 bits per heavy atom. The summed E-state index contributed by atoms with van der Waals surface area (Å²) >= 11 is 5.96. The lowest BCUT2D eigenvalue weighted by molar-refractivity contribution is 0.137. The Bertz CT molecular complexity index is 478. The van der Waals surface area contributed by atoms with Gasteiger partial charge in [0.25, 0.3) is 0 Å². The maximum atomic E-state index is 9.86. The molecule has 0 fully saturated rings. The number of aliphatic hydroxyl groups is 1. The van der Waals surface area contributed by atoms with Gasteiger partial charge in [0.2, 0.25) is 0 Å². The summed E-state index contributed by atoms with van der Waals surface area (Å²) in [6, 6.07) is 5.39. The number of rotatable bonds is 4. The van der Waals surface area contributed by atoms with Crippen LogP contribution < -0.4 is 5.32 Å². The third-order valence-electron chi connectivity index (χ3n) is 2.34. The van der Waals surface area contributed by atoms with Crippen LogP contribution in [0.2, 0.25) is 5.02 Å². The van der Waals surface area contributed by atoms with Gasteiger partial charge in [0.15, 0.2) is 0 Å². The molecule has 2 rings (SSSR count). The van der Waals surface area contributed by atoms with Crippen LogP contribution >= 0.6 is 11.6 Å². The molecule has 2 aromatic rings. The van der Waals surface area contributed by atoms with Crippen molar-refractivity contribution in [2.75, 3.05) is 0 Å². The Morgan fingerprint density at radius 3 is 2.76 bits per heavy atom. The van der Waals surface area contributed by atoms with Gasteiger partial charge in [-0.15, -0.1) is 0 Å². The van der Waals surface area contributed by atoms with E-state index in [4.69, 9.17) is 11.6 Å². The van der Waals surface area contributed by atoms with Crippen molar-refractivity contribution in [2.45, 2.75) is 12.8 Å². The summed E-state index contributed by atoms with van der Waals surface area (Å²) < 4.78 is 0. The Hall–Kier alpha value is -1.49. The summed E-state index contributed by atoms with van der Waals surface area (Å²) in [5.74, 6) is 0. The summed E-state index contributed by atoms with van der Waals surface area (Å²) in [6.07, 6.45) is 5.77. The minimum absolute atomic E-state index is 0.470. The predicted octanol–water partition coefficient (Wildman–Crippen LogP) is 1.91. The number of hydrogen-bond donors (Lipinski definition) is 2. The molecule has 2 N–H and O–H groups in total. The van der Waals surface area contributed by atoms with Crippen molar-refractivity contribution in [2.24, 2.45) is 0 Å². The van der Waals surface area contributed by atoms with E-state index >= 15 is 0 Å². The van der Waals surface area contributed by atoms with Crippen molar-refractivity contribution in [3.8, 4) is 0 Å². The summed E-state index contributed by atoms with van der Waals surface area (Å²) in [5.41, 5.74) is 1.61. The first-order chi connectivity index (χ1) is 8.27. The second kappa shape index (κ2) is 5.72. The van der Waals surface area contributed by atoms with Gasteiger partial charge in [0.1, 0.15) is 6.23 Å². The van der Waals surface area contributed by atoms with Crippen LogP contribution in [0.3, 0.4) is 0 Å². The monoisotopic (exact) mass is 249 g/mol. The lowest BCUT2D eigenvalue weighted by Crippen LogP contribution is -2.20. The molecule has 2 aromatic heterocycles. The van der Waals surface area contributed by atoms with E-state index in [0.29, 0.717) is 11.6 Å². The van der Waals surface area contributed by atoms with Gasteiger partial charge in [-0.05, 0) is 17.7 Å². The zero-order valence-corrected chi connectivity index (χ0v) is 9.80. The van der Waals surface area contributed by atoms with E-state index in [1.54, 1.807) is 36.9 Å². The molecule has 5 heteroatoms. The lowest BCUT2D eigenvalue weighted by atomic mass is 10.2. The van der Waals surface area contributed by atoms with E-state index < -0.39 is 6.23 Å². The molecule has 0 saturated heterocycles. The van der Waals surface area contributed by atoms with Crippen molar-refractivity contribution < 1.29 is 5.11 Å². The second-order valence-electron chi connectivity index (χ2n) is 3.54. The molecule has 0 saturated carbocycles. The van der Waals surface area contributed by atoms with E-state index in [0.717, 1.165) is 11.1 Å². The van der Waals surface area contributed by atoms with Gasteiger partial charge in [0, 0.05) is 36.9 Å². The summed E-state index contributed by atoms with van der Waals surface area (Å²) in [4.78, 5) is 7.84. The molecule has 2 heterocycles.